The highest BCUT2D eigenvalue weighted by Gasteiger charge is 2.24. The van der Waals surface area contributed by atoms with Crippen LogP contribution in [0, 0.1) is 0 Å². The predicted octanol–water partition coefficient (Wildman–Crippen LogP) is 5.96. The summed E-state index contributed by atoms with van der Waals surface area (Å²) in [6, 6.07) is 14.6. The number of carbonyl (C=O) groups is 1. The first kappa shape index (κ1) is 19.0. The molecule has 0 radical (unpaired) electrons. The number of rotatable bonds is 7. The van der Waals surface area contributed by atoms with Crippen LogP contribution in [0.4, 0.5) is 0 Å². The Hall–Kier alpha value is -1.81. The lowest BCUT2D eigenvalue weighted by molar-refractivity contribution is -0.141. The number of carbonyl (C=O) groups excluding carboxylic acids is 1. The number of halogens is 1. The van der Waals surface area contributed by atoms with Gasteiger partial charge in [0.05, 0.1) is 13.5 Å². The van der Waals surface area contributed by atoms with Gasteiger partial charge in [-0.25, -0.2) is 0 Å². The Morgan fingerprint density at radius 3 is 2.69 bits per heavy atom. The lowest BCUT2D eigenvalue weighted by Gasteiger charge is -2.18. The van der Waals surface area contributed by atoms with Gasteiger partial charge in [-0.1, -0.05) is 47.5 Å². The van der Waals surface area contributed by atoms with E-state index in [0.717, 1.165) is 35.9 Å². The van der Waals surface area contributed by atoms with Crippen LogP contribution in [0.2, 0.25) is 0 Å². The molecule has 0 fully saturated rings. The van der Waals surface area contributed by atoms with Gasteiger partial charge in [0.2, 0.25) is 0 Å². The van der Waals surface area contributed by atoms with Gasteiger partial charge in [0.1, 0.15) is 11.9 Å². The first-order valence-electron chi connectivity index (χ1n) is 9.22. The van der Waals surface area contributed by atoms with Crippen LogP contribution in [-0.2, 0) is 16.0 Å². The normalized spacial score (nSPS) is 16.8. The molecule has 1 unspecified atom stereocenters. The van der Waals surface area contributed by atoms with Gasteiger partial charge in [-0.05, 0) is 66.1 Å². The van der Waals surface area contributed by atoms with Crippen LogP contribution < -0.4 is 4.74 Å². The molecule has 138 valence electrons. The van der Waals surface area contributed by atoms with E-state index in [2.05, 4.69) is 53.2 Å². The lowest BCUT2D eigenvalue weighted by atomic mass is 9.91. The second kappa shape index (κ2) is 8.72. The minimum absolute atomic E-state index is 0.116. The molecule has 0 bridgehead atoms. The molecule has 3 rings (SSSR count). The Morgan fingerprint density at radius 2 is 2.00 bits per heavy atom. The summed E-state index contributed by atoms with van der Waals surface area (Å²) in [7, 11) is 1.44. The van der Waals surface area contributed by atoms with E-state index in [0.29, 0.717) is 6.42 Å². The fraction of sp³-hybridized carbons (Fsp3) is 0.409. The van der Waals surface area contributed by atoms with Crippen LogP contribution in [0.25, 0.3) is 0 Å². The fourth-order valence-electron chi connectivity index (χ4n) is 3.67. The van der Waals surface area contributed by atoms with Crippen LogP contribution in [0.15, 0.2) is 46.9 Å². The zero-order valence-corrected chi connectivity index (χ0v) is 16.9. The minimum Gasteiger partial charge on any atom is -0.486 e. The maximum atomic E-state index is 11.7. The molecular weight excluding hydrogens is 392 g/mol. The van der Waals surface area contributed by atoms with E-state index in [9.17, 15) is 4.79 Å². The van der Waals surface area contributed by atoms with E-state index in [1.54, 1.807) is 0 Å². The van der Waals surface area contributed by atoms with E-state index in [4.69, 9.17) is 9.47 Å². The Morgan fingerprint density at radius 1 is 1.23 bits per heavy atom. The number of aryl methyl sites for hydroxylation is 1. The van der Waals surface area contributed by atoms with Crippen molar-refractivity contribution >= 4 is 21.9 Å². The highest BCUT2D eigenvalue weighted by molar-refractivity contribution is 9.10. The highest BCUT2D eigenvalue weighted by atomic mass is 79.9. The van der Waals surface area contributed by atoms with Crippen LogP contribution in [0.3, 0.4) is 0 Å². The summed E-state index contributed by atoms with van der Waals surface area (Å²) in [5, 5.41) is 0. The molecule has 0 aromatic heterocycles. The SMILES string of the molecule is CCC[C@H](CC(=O)OC)c1ccc(OC2CCc3cc(Br)ccc32)cc1. The van der Waals surface area contributed by atoms with Crippen molar-refractivity contribution < 1.29 is 14.3 Å². The van der Waals surface area contributed by atoms with Crippen molar-refractivity contribution in [2.45, 2.75) is 51.0 Å². The van der Waals surface area contributed by atoms with Gasteiger partial charge in [0, 0.05) is 4.47 Å². The van der Waals surface area contributed by atoms with Gasteiger partial charge in [0.25, 0.3) is 0 Å². The Bertz CT molecular complexity index is 754. The van der Waals surface area contributed by atoms with E-state index in [1.807, 2.05) is 12.1 Å². The molecule has 0 amide bonds. The molecule has 0 saturated carbocycles. The number of fused-ring (bicyclic) bond motifs is 1. The van der Waals surface area contributed by atoms with Gasteiger partial charge in [0.15, 0.2) is 0 Å². The van der Waals surface area contributed by atoms with Crippen LogP contribution in [0.5, 0.6) is 5.75 Å². The molecule has 0 spiro atoms. The molecule has 0 N–H and O–H groups in total. The second-order valence-corrected chi connectivity index (χ2v) is 7.74. The topological polar surface area (TPSA) is 35.5 Å². The molecule has 1 aliphatic rings. The molecule has 2 aromatic rings. The summed E-state index contributed by atoms with van der Waals surface area (Å²) in [6.07, 6.45) is 4.61. The summed E-state index contributed by atoms with van der Waals surface area (Å²) < 4.78 is 12.2. The number of esters is 1. The molecule has 4 heteroatoms. The molecule has 0 heterocycles. The average molecular weight is 417 g/mol. The number of methoxy groups -OCH3 is 1. The summed E-state index contributed by atoms with van der Waals surface area (Å²) >= 11 is 3.53. The molecular formula is C22H25BrO3. The van der Waals surface area contributed by atoms with Crippen LogP contribution in [0.1, 0.15) is 61.3 Å². The van der Waals surface area contributed by atoms with Gasteiger partial charge in [-0.2, -0.15) is 0 Å². The molecule has 26 heavy (non-hydrogen) atoms. The average Bonchev–Trinajstić information content (AvgIpc) is 3.03. The molecule has 2 atom stereocenters. The largest absolute Gasteiger partial charge is 0.486 e. The van der Waals surface area contributed by atoms with Crippen molar-refractivity contribution in [2.75, 3.05) is 7.11 Å². The molecule has 2 aromatic carbocycles. The summed E-state index contributed by atoms with van der Waals surface area (Å²) in [6.45, 7) is 2.14. The standard InChI is InChI=1S/C22H25BrO3/c1-3-4-16(14-22(24)25-2)15-5-9-19(10-6-15)26-21-12-7-17-13-18(23)8-11-20(17)21/h5-6,8-11,13,16,21H,3-4,7,12,14H2,1-2H3/t16-,21?/m1/s1. The van der Waals surface area contributed by atoms with E-state index < -0.39 is 0 Å². The monoisotopic (exact) mass is 416 g/mol. The van der Waals surface area contributed by atoms with Crippen LogP contribution >= 0.6 is 15.9 Å². The van der Waals surface area contributed by atoms with Gasteiger partial charge in [-0.15, -0.1) is 0 Å². The second-order valence-electron chi connectivity index (χ2n) is 6.82. The van der Waals surface area contributed by atoms with E-state index >= 15 is 0 Å². The van der Waals surface area contributed by atoms with Crippen molar-refractivity contribution in [2.24, 2.45) is 0 Å². The van der Waals surface area contributed by atoms with Crippen molar-refractivity contribution in [1.29, 1.82) is 0 Å². The highest BCUT2D eigenvalue weighted by Crippen LogP contribution is 2.37. The van der Waals surface area contributed by atoms with Crippen LogP contribution in [-0.4, -0.2) is 13.1 Å². The Kier molecular flexibility index (Phi) is 6.36. The van der Waals surface area contributed by atoms with Gasteiger partial charge >= 0.3 is 5.97 Å². The number of ether oxygens (including phenoxy) is 2. The van der Waals surface area contributed by atoms with E-state index in [-0.39, 0.29) is 18.0 Å². The molecule has 0 aliphatic heterocycles. The zero-order valence-electron chi connectivity index (χ0n) is 15.3. The maximum absolute atomic E-state index is 11.7. The number of benzene rings is 2. The number of hydrogen-bond acceptors (Lipinski definition) is 3. The first-order valence-corrected chi connectivity index (χ1v) is 10.0. The third-order valence-corrected chi connectivity index (χ3v) is 5.53. The summed E-state index contributed by atoms with van der Waals surface area (Å²) in [5.74, 6) is 0.923. The first-order chi connectivity index (χ1) is 12.6. The lowest BCUT2D eigenvalue weighted by Crippen LogP contribution is -2.09. The molecule has 0 saturated heterocycles. The third-order valence-electron chi connectivity index (χ3n) is 5.04. The molecule has 3 nitrogen and oxygen atoms in total. The quantitative estimate of drug-likeness (QED) is 0.522. The van der Waals surface area contributed by atoms with E-state index in [1.165, 1.54) is 23.8 Å². The van der Waals surface area contributed by atoms with Gasteiger partial charge < -0.3 is 9.47 Å². The Balaban J connectivity index is 1.69. The van der Waals surface area contributed by atoms with Gasteiger partial charge in [-0.3, -0.25) is 4.79 Å². The minimum atomic E-state index is -0.155. The maximum Gasteiger partial charge on any atom is 0.306 e. The smallest absolute Gasteiger partial charge is 0.306 e. The third kappa shape index (κ3) is 4.47. The fourth-order valence-corrected chi connectivity index (χ4v) is 4.08. The molecule has 1 aliphatic carbocycles. The number of hydrogen-bond donors (Lipinski definition) is 0. The Labute approximate surface area is 163 Å². The zero-order chi connectivity index (χ0) is 18.5. The predicted molar refractivity (Wildman–Crippen MR) is 107 cm³/mol. The van der Waals surface area contributed by atoms with Crippen molar-refractivity contribution in [1.82, 2.24) is 0 Å². The van der Waals surface area contributed by atoms with Crippen molar-refractivity contribution in [3.63, 3.8) is 0 Å². The van der Waals surface area contributed by atoms with Crippen molar-refractivity contribution in [3.05, 3.63) is 63.6 Å². The summed E-state index contributed by atoms with van der Waals surface area (Å²) in [5.41, 5.74) is 3.81. The summed E-state index contributed by atoms with van der Waals surface area (Å²) in [4.78, 5) is 11.7. The van der Waals surface area contributed by atoms with Crippen molar-refractivity contribution in [3.8, 4) is 5.75 Å².